The van der Waals surface area contributed by atoms with Crippen LogP contribution in [0.3, 0.4) is 0 Å². The van der Waals surface area contributed by atoms with E-state index in [1.807, 2.05) is 0 Å². The van der Waals surface area contributed by atoms with E-state index < -0.39 is 57.8 Å². The van der Waals surface area contributed by atoms with Gasteiger partial charge in [-0.3, -0.25) is 23.4 Å². The SMILES string of the molecule is CC/C=C\C/C=C\C/C=C\CCCCCC(=O)OCC(COP(=O)(O)OCC(CO)OC(=O)CCCCCCCCCCC)OC(=O)CCCCCCCCC/C=C\C/C=C\CCCCC. The number of aliphatic hydroxyl groups excluding tert-OH is 1. The van der Waals surface area contributed by atoms with Gasteiger partial charge in [0.15, 0.2) is 6.10 Å². The minimum absolute atomic E-state index is 0.152. The maximum atomic E-state index is 12.8. The van der Waals surface area contributed by atoms with Crippen LogP contribution >= 0.6 is 7.82 Å². The predicted molar refractivity (Wildman–Crippen MR) is 270 cm³/mol. The summed E-state index contributed by atoms with van der Waals surface area (Å²) >= 11 is 0. The number of esters is 3. The van der Waals surface area contributed by atoms with Crippen molar-refractivity contribution in [2.24, 2.45) is 0 Å². The molecule has 0 bridgehead atoms. The smallest absolute Gasteiger partial charge is 0.462 e. The molecule has 0 spiro atoms. The fraction of sp³-hybridized carbons (Fsp3) is 0.759. The number of carbonyl (C=O) groups is 3. The third kappa shape index (κ3) is 46.3. The Kier molecular flexibility index (Phi) is 46.6. The summed E-state index contributed by atoms with van der Waals surface area (Å²) in [5.74, 6) is -1.51. The van der Waals surface area contributed by atoms with Crippen LogP contribution in [-0.2, 0) is 42.2 Å². The first-order valence-corrected chi connectivity index (χ1v) is 27.7. The second-order valence-corrected chi connectivity index (χ2v) is 18.8. The monoisotopic (exact) mass is 951 g/mol. The topological polar surface area (TPSA) is 155 Å². The average Bonchev–Trinajstić information content (AvgIpc) is 3.30. The molecular formula is C54H95O11P. The minimum atomic E-state index is -4.74. The van der Waals surface area contributed by atoms with Gasteiger partial charge >= 0.3 is 25.7 Å². The van der Waals surface area contributed by atoms with Crippen molar-refractivity contribution >= 4 is 25.7 Å². The van der Waals surface area contributed by atoms with Gasteiger partial charge in [0.25, 0.3) is 0 Å². The highest BCUT2D eigenvalue weighted by molar-refractivity contribution is 7.47. The fourth-order valence-electron chi connectivity index (χ4n) is 6.93. The van der Waals surface area contributed by atoms with Gasteiger partial charge in [-0.05, 0) is 83.5 Å². The lowest BCUT2D eigenvalue weighted by Gasteiger charge is -2.21. The van der Waals surface area contributed by atoms with E-state index in [-0.39, 0.29) is 25.9 Å². The number of phosphoric acid groups is 1. The molecule has 3 unspecified atom stereocenters. The van der Waals surface area contributed by atoms with Crippen LogP contribution in [0.15, 0.2) is 60.8 Å². The molecular weight excluding hydrogens is 856 g/mol. The highest BCUT2D eigenvalue weighted by Gasteiger charge is 2.28. The van der Waals surface area contributed by atoms with E-state index in [4.69, 9.17) is 23.3 Å². The van der Waals surface area contributed by atoms with E-state index >= 15 is 0 Å². The van der Waals surface area contributed by atoms with Gasteiger partial charge in [-0.15, -0.1) is 0 Å². The Morgan fingerprint density at radius 3 is 1.26 bits per heavy atom. The first-order valence-electron chi connectivity index (χ1n) is 26.2. The Morgan fingerprint density at radius 1 is 0.439 bits per heavy atom. The maximum Gasteiger partial charge on any atom is 0.472 e. The van der Waals surface area contributed by atoms with Gasteiger partial charge in [0.05, 0.1) is 19.8 Å². The predicted octanol–water partition coefficient (Wildman–Crippen LogP) is 14.8. The van der Waals surface area contributed by atoms with Crippen molar-refractivity contribution < 1.29 is 52.2 Å². The molecule has 0 saturated heterocycles. The van der Waals surface area contributed by atoms with Crippen molar-refractivity contribution in [1.82, 2.24) is 0 Å². The van der Waals surface area contributed by atoms with Crippen molar-refractivity contribution in [3.05, 3.63) is 60.8 Å². The molecule has 0 aromatic rings. The van der Waals surface area contributed by atoms with Crippen molar-refractivity contribution in [3.63, 3.8) is 0 Å². The lowest BCUT2D eigenvalue weighted by molar-refractivity contribution is -0.161. The summed E-state index contributed by atoms with van der Waals surface area (Å²) in [5.41, 5.74) is 0. The molecule has 0 aliphatic carbocycles. The molecule has 0 aromatic heterocycles. The van der Waals surface area contributed by atoms with Gasteiger partial charge in [0.2, 0.25) is 0 Å². The van der Waals surface area contributed by atoms with Gasteiger partial charge in [-0.25, -0.2) is 4.57 Å². The van der Waals surface area contributed by atoms with Gasteiger partial charge in [-0.1, -0.05) is 184 Å². The van der Waals surface area contributed by atoms with Crippen molar-refractivity contribution in [2.45, 2.75) is 238 Å². The van der Waals surface area contributed by atoms with E-state index in [1.54, 1.807) is 0 Å². The number of aliphatic hydroxyl groups is 1. The van der Waals surface area contributed by atoms with Crippen LogP contribution in [0.5, 0.6) is 0 Å². The molecule has 12 heteroatoms. The van der Waals surface area contributed by atoms with E-state index in [9.17, 15) is 28.9 Å². The molecule has 0 aliphatic heterocycles. The fourth-order valence-corrected chi connectivity index (χ4v) is 7.71. The second-order valence-electron chi connectivity index (χ2n) is 17.3. The maximum absolute atomic E-state index is 12.8. The first-order chi connectivity index (χ1) is 32.2. The number of hydrogen-bond donors (Lipinski definition) is 2. The van der Waals surface area contributed by atoms with Gasteiger partial charge in [0, 0.05) is 19.3 Å². The standard InChI is InChI=1S/C54H95O11P/c1-4-7-10-13-16-19-21-23-24-25-26-28-30-33-36-39-42-45-54(58)65-51(47-61-52(56)43-40-37-34-32-29-27-22-20-17-14-11-8-5-2)49-63-66(59,60)62-48-50(46-55)64-53(57)44-41-38-35-31-18-15-12-9-6-3/h8,11,16-17,19-20,23-24,27,29,50-51,55H,4-7,9-10,12-15,18,21-22,25-26,28,30-49H2,1-3H3,(H,59,60)/b11-8-,19-16-,20-17-,24-23-,29-27-. The summed E-state index contributed by atoms with van der Waals surface area (Å²) < 4.78 is 39.3. The van der Waals surface area contributed by atoms with Crippen molar-refractivity contribution in [1.29, 1.82) is 0 Å². The zero-order valence-corrected chi connectivity index (χ0v) is 42.8. The molecule has 0 fully saturated rings. The summed E-state index contributed by atoms with van der Waals surface area (Å²) in [6.45, 7) is 4.43. The Labute approximate surface area is 402 Å². The minimum Gasteiger partial charge on any atom is -0.462 e. The zero-order chi connectivity index (χ0) is 48.4. The van der Waals surface area contributed by atoms with Crippen LogP contribution in [0.4, 0.5) is 0 Å². The number of hydrogen-bond acceptors (Lipinski definition) is 10. The number of carbonyl (C=O) groups excluding carboxylic acids is 3. The normalized spacial score (nSPS) is 14.0. The molecule has 0 saturated carbocycles. The van der Waals surface area contributed by atoms with Crippen LogP contribution in [0, 0.1) is 0 Å². The molecule has 0 heterocycles. The molecule has 382 valence electrons. The van der Waals surface area contributed by atoms with E-state index in [0.29, 0.717) is 19.3 Å². The summed E-state index contributed by atoms with van der Waals surface area (Å²) in [7, 11) is -4.74. The van der Waals surface area contributed by atoms with Crippen molar-refractivity contribution in [3.8, 4) is 0 Å². The molecule has 0 amide bonds. The zero-order valence-electron chi connectivity index (χ0n) is 41.9. The molecule has 0 aromatic carbocycles. The van der Waals surface area contributed by atoms with Gasteiger partial charge in [-0.2, -0.15) is 0 Å². The highest BCUT2D eigenvalue weighted by atomic mass is 31.2. The van der Waals surface area contributed by atoms with Crippen LogP contribution in [0.1, 0.15) is 226 Å². The Balaban J connectivity index is 4.78. The van der Waals surface area contributed by atoms with Gasteiger partial charge in [0.1, 0.15) is 12.7 Å². The highest BCUT2D eigenvalue weighted by Crippen LogP contribution is 2.43. The molecule has 0 rings (SSSR count). The third-order valence-electron chi connectivity index (χ3n) is 10.9. The van der Waals surface area contributed by atoms with Crippen LogP contribution in [0.25, 0.3) is 0 Å². The largest absolute Gasteiger partial charge is 0.472 e. The summed E-state index contributed by atoms with van der Waals surface area (Å²) in [6, 6.07) is 0. The molecule has 11 nitrogen and oxygen atoms in total. The quantitative estimate of drug-likeness (QED) is 0.0197. The number of rotatable bonds is 48. The van der Waals surface area contributed by atoms with E-state index in [1.165, 1.54) is 70.6 Å². The second kappa shape index (κ2) is 48.6. The molecule has 0 radical (unpaired) electrons. The van der Waals surface area contributed by atoms with Crippen LogP contribution < -0.4 is 0 Å². The Hall–Kier alpha value is -2.82. The van der Waals surface area contributed by atoms with E-state index in [0.717, 1.165) is 96.3 Å². The lowest BCUT2D eigenvalue weighted by Crippen LogP contribution is -2.30. The number of phosphoric ester groups is 1. The van der Waals surface area contributed by atoms with Crippen molar-refractivity contribution in [2.75, 3.05) is 26.4 Å². The Bertz CT molecular complexity index is 1340. The molecule has 2 N–H and O–H groups in total. The first kappa shape index (κ1) is 63.2. The van der Waals surface area contributed by atoms with Crippen LogP contribution in [-0.4, -0.2) is 66.5 Å². The third-order valence-corrected chi connectivity index (χ3v) is 11.9. The lowest BCUT2D eigenvalue weighted by atomic mass is 10.1. The number of unbranched alkanes of at least 4 members (excludes halogenated alkanes) is 21. The molecule has 0 aliphatic rings. The summed E-state index contributed by atoms with van der Waals surface area (Å²) in [5, 5.41) is 9.74. The summed E-state index contributed by atoms with van der Waals surface area (Å²) in [4.78, 5) is 48.2. The van der Waals surface area contributed by atoms with E-state index in [2.05, 4.69) is 81.5 Å². The molecule has 66 heavy (non-hydrogen) atoms. The number of allylic oxidation sites excluding steroid dienone is 10. The van der Waals surface area contributed by atoms with Crippen LogP contribution in [0.2, 0.25) is 0 Å². The number of ether oxygens (including phenoxy) is 3. The Morgan fingerprint density at radius 2 is 0.788 bits per heavy atom. The molecule has 3 atom stereocenters. The average molecular weight is 951 g/mol. The summed E-state index contributed by atoms with van der Waals surface area (Å²) in [6.07, 6.45) is 50.5. The van der Waals surface area contributed by atoms with Gasteiger partial charge < -0.3 is 24.2 Å².